The van der Waals surface area contributed by atoms with Crippen molar-refractivity contribution < 1.29 is 32.6 Å². The molecule has 0 unspecified atom stereocenters. The van der Waals surface area contributed by atoms with Crippen molar-refractivity contribution in [2.75, 3.05) is 0 Å². The normalized spacial score (nSPS) is 15.8. The molecule has 3 rings (SSSR count). The Hall–Kier alpha value is -3.22. The van der Waals surface area contributed by atoms with Gasteiger partial charge in [-0.05, 0) is 42.0 Å². The van der Waals surface area contributed by atoms with Crippen molar-refractivity contribution in [3.8, 4) is 5.75 Å². The molecule has 0 radical (unpaired) electrons. The van der Waals surface area contributed by atoms with E-state index in [1.54, 1.807) is 24.3 Å². The fourth-order valence-electron chi connectivity index (χ4n) is 2.42. The summed E-state index contributed by atoms with van der Waals surface area (Å²) in [5.74, 6) is -3.52. The summed E-state index contributed by atoms with van der Waals surface area (Å²) in [7, 11) is 0. The number of cyclic esters (lactones) is 2. The van der Waals surface area contributed by atoms with Gasteiger partial charge in [-0.2, -0.15) is 0 Å². The maximum Gasteiger partial charge on any atom is 0.348 e. The van der Waals surface area contributed by atoms with E-state index >= 15 is 0 Å². The molecule has 0 atom stereocenters. The predicted octanol–water partition coefficient (Wildman–Crippen LogP) is 3.76. The van der Waals surface area contributed by atoms with Gasteiger partial charge in [0.2, 0.25) is 0 Å². The first-order chi connectivity index (χ1) is 12.7. The van der Waals surface area contributed by atoms with Gasteiger partial charge in [-0.25, -0.2) is 18.4 Å². The van der Waals surface area contributed by atoms with Crippen LogP contribution in [0.5, 0.6) is 5.75 Å². The van der Waals surface area contributed by atoms with E-state index in [9.17, 15) is 18.4 Å². The lowest BCUT2D eigenvalue weighted by Gasteiger charge is -2.29. The Morgan fingerprint density at radius 1 is 1.00 bits per heavy atom. The van der Waals surface area contributed by atoms with Crippen molar-refractivity contribution in [1.82, 2.24) is 0 Å². The van der Waals surface area contributed by atoms with Crippen molar-refractivity contribution in [3.63, 3.8) is 0 Å². The van der Waals surface area contributed by atoms with Gasteiger partial charge >= 0.3 is 11.9 Å². The molecule has 140 valence electrons. The second kappa shape index (κ2) is 7.19. The summed E-state index contributed by atoms with van der Waals surface area (Å²) >= 11 is 0. The van der Waals surface area contributed by atoms with E-state index in [1.165, 1.54) is 19.9 Å². The number of benzene rings is 2. The molecule has 0 bridgehead atoms. The minimum atomic E-state index is -1.30. The van der Waals surface area contributed by atoms with Gasteiger partial charge in [-0.1, -0.05) is 12.1 Å². The highest BCUT2D eigenvalue weighted by Crippen LogP contribution is 2.25. The van der Waals surface area contributed by atoms with Gasteiger partial charge < -0.3 is 14.2 Å². The minimum Gasteiger partial charge on any atom is -0.489 e. The summed E-state index contributed by atoms with van der Waals surface area (Å²) in [6.07, 6.45) is 1.34. The molecular formula is C20H16F2O5. The highest BCUT2D eigenvalue weighted by Gasteiger charge is 2.38. The highest BCUT2D eigenvalue weighted by molar-refractivity contribution is 6.18. The minimum absolute atomic E-state index is 0.0940. The SMILES string of the molecule is CC1(C)OC(=O)C(=Cc2ccc(OCc3cc(F)ccc3F)cc2)C(=O)O1. The summed E-state index contributed by atoms with van der Waals surface area (Å²) in [4.78, 5) is 23.9. The number of hydrogen-bond acceptors (Lipinski definition) is 5. The molecule has 0 aromatic heterocycles. The van der Waals surface area contributed by atoms with E-state index in [-0.39, 0.29) is 17.7 Å². The second-order valence-corrected chi connectivity index (χ2v) is 6.33. The van der Waals surface area contributed by atoms with Crippen LogP contribution in [-0.2, 0) is 25.7 Å². The summed E-state index contributed by atoms with van der Waals surface area (Å²) < 4.78 is 42.2. The number of esters is 2. The van der Waals surface area contributed by atoms with Crippen LogP contribution in [0.3, 0.4) is 0 Å². The average Bonchev–Trinajstić information content (AvgIpc) is 2.59. The first kappa shape index (κ1) is 18.6. The molecule has 0 saturated carbocycles. The lowest BCUT2D eigenvalue weighted by atomic mass is 10.1. The largest absolute Gasteiger partial charge is 0.489 e. The molecule has 0 amide bonds. The Morgan fingerprint density at radius 2 is 1.63 bits per heavy atom. The Morgan fingerprint density at radius 3 is 2.26 bits per heavy atom. The van der Waals surface area contributed by atoms with Gasteiger partial charge in [-0.3, -0.25) is 0 Å². The number of rotatable bonds is 4. The third kappa shape index (κ3) is 4.49. The third-order valence-corrected chi connectivity index (χ3v) is 3.71. The number of carbonyl (C=O) groups excluding carboxylic acids is 2. The van der Waals surface area contributed by atoms with Crippen LogP contribution >= 0.6 is 0 Å². The molecule has 7 heteroatoms. The smallest absolute Gasteiger partial charge is 0.348 e. The van der Waals surface area contributed by atoms with Crippen molar-refractivity contribution in [1.29, 1.82) is 0 Å². The molecule has 2 aromatic carbocycles. The molecule has 5 nitrogen and oxygen atoms in total. The van der Waals surface area contributed by atoms with Crippen LogP contribution in [0.4, 0.5) is 8.78 Å². The molecular weight excluding hydrogens is 358 g/mol. The molecule has 1 saturated heterocycles. The molecule has 0 aliphatic carbocycles. The summed E-state index contributed by atoms with van der Waals surface area (Å²) in [6.45, 7) is 2.79. The number of ether oxygens (including phenoxy) is 3. The molecule has 2 aromatic rings. The fourth-order valence-corrected chi connectivity index (χ4v) is 2.42. The first-order valence-corrected chi connectivity index (χ1v) is 8.09. The Balaban J connectivity index is 1.69. The molecule has 1 heterocycles. The maximum atomic E-state index is 13.6. The average molecular weight is 374 g/mol. The van der Waals surface area contributed by atoms with Crippen LogP contribution in [-0.4, -0.2) is 17.7 Å². The van der Waals surface area contributed by atoms with Gasteiger partial charge in [0.15, 0.2) is 0 Å². The predicted molar refractivity (Wildman–Crippen MR) is 91.4 cm³/mol. The summed E-state index contributed by atoms with van der Waals surface area (Å²) in [5, 5.41) is 0. The monoisotopic (exact) mass is 374 g/mol. The van der Waals surface area contributed by atoms with Gasteiger partial charge in [0.1, 0.15) is 29.6 Å². The Labute approximate surface area is 154 Å². The zero-order valence-corrected chi connectivity index (χ0v) is 14.6. The van der Waals surface area contributed by atoms with E-state index in [0.29, 0.717) is 11.3 Å². The third-order valence-electron chi connectivity index (χ3n) is 3.71. The van der Waals surface area contributed by atoms with Crippen LogP contribution < -0.4 is 4.74 Å². The van der Waals surface area contributed by atoms with Crippen LogP contribution in [0.1, 0.15) is 25.0 Å². The first-order valence-electron chi connectivity index (χ1n) is 8.09. The summed E-state index contributed by atoms with van der Waals surface area (Å²) in [5.41, 5.74) is 0.421. The van der Waals surface area contributed by atoms with Crippen molar-refractivity contribution in [2.45, 2.75) is 26.2 Å². The second-order valence-electron chi connectivity index (χ2n) is 6.33. The van der Waals surface area contributed by atoms with Gasteiger partial charge in [0.05, 0.1) is 0 Å². The van der Waals surface area contributed by atoms with Crippen LogP contribution in [0, 0.1) is 11.6 Å². The van der Waals surface area contributed by atoms with E-state index < -0.39 is 29.4 Å². The highest BCUT2D eigenvalue weighted by atomic mass is 19.1. The van der Waals surface area contributed by atoms with Crippen molar-refractivity contribution in [3.05, 3.63) is 70.8 Å². The molecule has 0 N–H and O–H groups in total. The molecule has 1 aliphatic rings. The molecule has 0 spiro atoms. The Bertz CT molecular complexity index is 894. The van der Waals surface area contributed by atoms with E-state index in [1.807, 2.05) is 0 Å². The Kier molecular flexibility index (Phi) is 4.94. The zero-order valence-electron chi connectivity index (χ0n) is 14.6. The van der Waals surface area contributed by atoms with Crippen LogP contribution in [0.15, 0.2) is 48.0 Å². The van der Waals surface area contributed by atoms with E-state index in [2.05, 4.69) is 0 Å². The topological polar surface area (TPSA) is 61.8 Å². The fraction of sp³-hybridized carbons (Fsp3) is 0.200. The number of carbonyl (C=O) groups is 2. The van der Waals surface area contributed by atoms with Gasteiger partial charge in [-0.15, -0.1) is 0 Å². The quantitative estimate of drug-likeness (QED) is 0.463. The number of halogens is 2. The standard InChI is InChI=1S/C20H16F2O5/c1-20(2)26-18(23)16(19(24)27-20)9-12-3-6-15(7-4-12)25-11-13-10-14(21)5-8-17(13)22/h3-10H,11H2,1-2H3. The number of hydrogen-bond donors (Lipinski definition) is 0. The van der Waals surface area contributed by atoms with Crippen molar-refractivity contribution in [2.24, 2.45) is 0 Å². The lowest BCUT2D eigenvalue weighted by molar-refractivity contribution is -0.222. The summed E-state index contributed by atoms with van der Waals surface area (Å²) in [6, 6.07) is 9.49. The molecule has 27 heavy (non-hydrogen) atoms. The van der Waals surface area contributed by atoms with Gasteiger partial charge in [0.25, 0.3) is 5.79 Å². The van der Waals surface area contributed by atoms with E-state index in [4.69, 9.17) is 14.2 Å². The van der Waals surface area contributed by atoms with Crippen LogP contribution in [0.25, 0.3) is 6.08 Å². The van der Waals surface area contributed by atoms with Crippen LogP contribution in [0.2, 0.25) is 0 Å². The van der Waals surface area contributed by atoms with Gasteiger partial charge in [0, 0.05) is 19.4 Å². The lowest BCUT2D eigenvalue weighted by Crippen LogP contribution is -2.41. The van der Waals surface area contributed by atoms with E-state index in [0.717, 1.165) is 18.2 Å². The van der Waals surface area contributed by atoms with Crippen molar-refractivity contribution >= 4 is 18.0 Å². The molecule has 1 aliphatic heterocycles. The molecule has 1 fully saturated rings. The zero-order chi connectivity index (χ0) is 19.6. The maximum absolute atomic E-state index is 13.6.